The number of nitrogens with one attached hydrogen (secondary N) is 2. The summed E-state index contributed by atoms with van der Waals surface area (Å²) in [5.74, 6) is -4.19. The number of anilines is 2. The molecule has 34 heavy (non-hydrogen) atoms. The second kappa shape index (κ2) is 10.3. The number of aliphatic hydroxyl groups is 1. The molecule has 3 amide bonds. The first-order chi connectivity index (χ1) is 16.0. The largest absolute Gasteiger partial charge is 0.404 e. The Morgan fingerprint density at radius 1 is 1.18 bits per heavy atom. The van der Waals surface area contributed by atoms with Gasteiger partial charge in [-0.05, 0) is 42.0 Å². The van der Waals surface area contributed by atoms with Gasteiger partial charge in [-0.3, -0.25) is 10.1 Å². The fraction of sp³-hybridized carbons (Fsp3) is 0.286. The van der Waals surface area contributed by atoms with Crippen molar-refractivity contribution >= 4 is 44.3 Å². The summed E-state index contributed by atoms with van der Waals surface area (Å²) in [6.07, 6.45) is -4.89. The number of alkyl halides is 3. The Labute approximate surface area is 195 Å². The van der Waals surface area contributed by atoms with Gasteiger partial charge in [0, 0.05) is 19.3 Å². The molecule has 8 nitrogen and oxygen atoms in total. The smallest absolute Gasteiger partial charge is 0.394 e. The standard InChI is InChI=1S/C21H21F4N5O3S/c1-30(14(9-26)10-31)18(32)17(21(23,24)25)11-2-7-15-16(8-11)34-20(28-15)29-19(33)27-13-5-3-12(22)4-6-13/h2-8,14,17,31H,9-10,26H2,1H3,(H2,27,28,29,33)/t14-,17-/m1/s1. The third-order valence-corrected chi connectivity index (χ3v) is 5.95. The first kappa shape index (κ1) is 25.3. The van der Waals surface area contributed by atoms with E-state index in [-0.39, 0.29) is 17.2 Å². The lowest BCUT2D eigenvalue weighted by atomic mass is 9.96. The van der Waals surface area contributed by atoms with E-state index in [0.717, 1.165) is 29.4 Å². The maximum Gasteiger partial charge on any atom is 0.404 e. The summed E-state index contributed by atoms with van der Waals surface area (Å²) >= 11 is 0.921. The minimum atomic E-state index is -4.89. The van der Waals surface area contributed by atoms with Crippen LogP contribution in [0.3, 0.4) is 0 Å². The van der Waals surface area contributed by atoms with Crippen molar-refractivity contribution in [1.82, 2.24) is 9.88 Å². The highest BCUT2D eigenvalue weighted by Crippen LogP contribution is 2.38. The van der Waals surface area contributed by atoms with Gasteiger partial charge in [0.05, 0.1) is 22.9 Å². The van der Waals surface area contributed by atoms with Gasteiger partial charge >= 0.3 is 12.2 Å². The number of hydrogen-bond donors (Lipinski definition) is 4. The normalized spacial score (nSPS) is 13.4. The molecule has 0 spiro atoms. The third kappa shape index (κ3) is 5.79. The molecule has 3 rings (SSSR count). The third-order valence-electron chi connectivity index (χ3n) is 5.02. The number of halogens is 4. The summed E-state index contributed by atoms with van der Waals surface area (Å²) in [4.78, 5) is 29.8. The van der Waals surface area contributed by atoms with E-state index in [1.807, 2.05) is 0 Å². The van der Waals surface area contributed by atoms with Crippen LogP contribution in [-0.2, 0) is 4.79 Å². The number of rotatable bonds is 7. The number of carbonyl (C=O) groups is 2. The van der Waals surface area contributed by atoms with Crippen LogP contribution in [0.5, 0.6) is 0 Å². The zero-order valence-electron chi connectivity index (χ0n) is 17.8. The number of amides is 3. The summed E-state index contributed by atoms with van der Waals surface area (Å²) in [5, 5.41) is 14.4. The Morgan fingerprint density at radius 2 is 1.85 bits per heavy atom. The summed E-state index contributed by atoms with van der Waals surface area (Å²) < 4.78 is 54.9. The van der Waals surface area contributed by atoms with Crippen LogP contribution in [0, 0.1) is 5.82 Å². The summed E-state index contributed by atoms with van der Waals surface area (Å²) in [5.41, 5.74) is 5.79. The van der Waals surface area contributed by atoms with Gasteiger partial charge in [-0.25, -0.2) is 14.2 Å². The van der Waals surface area contributed by atoms with Crippen LogP contribution in [0.15, 0.2) is 42.5 Å². The molecule has 182 valence electrons. The Kier molecular flexibility index (Phi) is 7.69. The molecule has 0 unspecified atom stereocenters. The monoisotopic (exact) mass is 499 g/mol. The van der Waals surface area contributed by atoms with Crippen LogP contribution < -0.4 is 16.4 Å². The van der Waals surface area contributed by atoms with Crippen LogP contribution in [0.1, 0.15) is 11.5 Å². The number of likely N-dealkylation sites (N-methyl/N-ethyl adjacent to an activating group) is 1. The minimum Gasteiger partial charge on any atom is -0.394 e. The number of fused-ring (bicyclic) bond motifs is 1. The highest BCUT2D eigenvalue weighted by Gasteiger charge is 2.48. The number of aliphatic hydroxyl groups excluding tert-OH is 1. The van der Waals surface area contributed by atoms with Crippen molar-refractivity contribution < 1.29 is 32.3 Å². The quantitative estimate of drug-likeness (QED) is 0.371. The summed E-state index contributed by atoms with van der Waals surface area (Å²) in [6.45, 7) is -0.779. The maximum absolute atomic E-state index is 13.9. The lowest BCUT2D eigenvalue weighted by Crippen LogP contribution is -2.48. The Morgan fingerprint density at radius 3 is 2.44 bits per heavy atom. The highest BCUT2D eigenvalue weighted by atomic mass is 32.1. The lowest BCUT2D eigenvalue weighted by Gasteiger charge is -2.30. The van der Waals surface area contributed by atoms with E-state index in [9.17, 15) is 32.3 Å². The van der Waals surface area contributed by atoms with Crippen molar-refractivity contribution in [3.05, 3.63) is 53.8 Å². The van der Waals surface area contributed by atoms with Crippen molar-refractivity contribution in [3.8, 4) is 0 Å². The zero-order chi connectivity index (χ0) is 25.0. The van der Waals surface area contributed by atoms with Crippen molar-refractivity contribution in [2.75, 3.05) is 30.8 Å². The van der Waals surface area contributed by atoms with Gasteiger partial charge in [0.2, 0.25) is 5.91 Å². The molecule has 0 fully saturated rings. The molecule has 1 aromatic heterocycles. The number of aromatic nitrogens is 1. The van der Waals surface area contributed by atoms with Gasteiger partial charge < -0.3 is 21.1 Å². The van der Waals surface area contributed by atoms with E-state index in [4.69, 9.17) is 5.73 Å². The van der Waals surface area contributed by atoms with Gasteiger partial charge in [-0.2, -0.15) is 13.2 Å². The Hall–Kier alpha value is -3.29. The molecule has 2 aromatic carbocycles. The molecule has 0 aliphatic carbocycles. The molecular weight excluding hydrogens is 478 g/mol. The van der Waals surface area contributed by atoms with Gasteiger partial charge in [-0.1, -0.05) is 17.4 Å². The number of nitrogens with two attached hydrogens (primary N) is 1. The van der Waals surface area contributed by atoms with Crippen molar-refractivity contribution in [2.24, 2.45) is 5.73 Å². The first-order valence-corrected chi connectivity index (χ1v) is 10.7. The average Bonchev–Trinajstić information content (AvgIpc) is 3.16. The number of benzene rings is 2. The number of hydrogen-bond acceptors (Lipinski definition) is 6. The Balaban J connectivity index is 1.83. The number of thiazole rings is 1. The molecule has 2 atom stereocenters. The maximum atomic E-state index is 13.9. The van der Waals surface area contributed by atoms with E-state index in [2.05, 4.69) is 15.6 Å². The Bertz CT molecular complexity index is 1170. The molecule has 0 bridgehead atoms. The van der Waals surface area contributed by atoms with Gasteiger partial charge in [-0.15, -0.1) is 0 Å². The highest BCUT2D eigenvalue weighted by molar-refractivity contribution is 7.22. The van der Waals surface area contributed by atoms with Crippen LogP contribution in [0.25, 0.3) is 10.2 Å². The van der Waals surface area contributed by atoms with Crippen molar-refractivity contribution in [2.45, 2.75) is 18.1 Å². The van der Waals surface area contributed by atoms with Gasteiger partial charge in [0.1, 0.15) is 5.82 Å². The zero-order valence-corrected chi connectivity index (χ0v) is 18.6. The molecule has 0 aliphatic rings. The van der Waals surface area contributed by atoms with Crippen LogP contribution in [-0.4, -0.2) is 59.3 Å². The first-order valence-electron chi connectivity index (χ1n) is 9.92. The van der Waals surface area contributed by atoms with E-state index in [1.165, 1.54) is 36.4 Å². The second-order valence-corrected chi connectivity index (χ2v) is 8.36. The summed E-state index contributed by atoms with van der Waals surface area (Å²) in [6, 6.07) is 7.08. The minimum absolute atomic E-state index is 0.113. The summed E-state index contributed by atoms with van der Waals surface area (Å²) in [7, 11) is 1.15. The topological polar surface area (TPSA) is 121 Å². The molecule has 0 radical (unpaired) electrons. The number of urea groups is 1. The molecule has 0 aliphatic heterocycles. The van der Waals surface area contributed by atoms with E-state index in [1.54, 1.807) is 0 Å². The lowest BCUT2D eigenvalue weighted by molar-refractivity contribution is -0.172. The molecule has 5 N–H and O–H groups in total. The fourth-order valence-electron chi connectivity index (χ4n) is 3.18. The van der Waals surface area contributed by atoms with E-state index < -0.39 is 42.5 Å². The number of nitrogens with zero attached hydrogens (tertiary/aromatic N) is 2. The molecule has 0 saturated heterocycles. The molecule has 0 saturated carbocycles. The average molecular weight is 499 g/mol. The van der Waals surface area contributed by atoms with Crippen LogP contribution in [0.2, 0.25) is 0 Å². The van der Waals surface area contributed by atoms with Gasteiger partial charge in [0.25, 0.3) is 0 Å². The van der Waals surface area contributed by atoms with Crippen molar-refractivity contribution in [3.63, 3.8) is 0 Å². The SMILES string of the molecule is CN(C(=O)[C@@H](c1ccc2nc(NC(=O)Nc3ccc(F)cc3)sc2c1)C(F)(F)F)[C@H](CN)CO. The molecule has 13 heteroatoms. The van der Waals surface area contributed by atoms with Crippen LogP contribution >= 0.6 is 11.3 Å². The second-order valence-electron chi connectivity index (χ2n) is 7.33. The van der Waals surface area contributed by atoms with E-state index >= 15 is 0 Å². The van der Waals surface area contributed by atoms with Crippen LogP contribution in [0.4, 0.5) is 33.2 Å². The van der Waals surface area contributed by atoms with Crippen molar-refractivity contribution in [1.29, 1.82) is 0 Å². The fourth-order valence-corrected chi connectivity index (χ4v) is 4.09. The number of carbonyl (C=O) groups excluding carboxylic acids is 2. The predicted octanol–water partition coefficient (Wildman–Crippen LogP) is 3.50. The van der Waals surface area contributed by atoms with Gasteiger partial charge in [0.15, 0.2) is 11.0 Å². The van der Waals surface area contributed by atoms with E-state index in [0.29, 0.717) is 15.9 Å². The molecular formula is C21H21F4N5O3S. The molecule has 3 aromatic rings. The predicted molar refractivity (Wildman–Crippen MR) is 120 cm³/mol. The molecule has 1 heterocycles.